The number of hydrogen-bond donors (Lipinski definition) is 0. The molecular weight excluding hydrogens is 889 g/mol. The van der Waals surface area contributed by atoms with Gasteiger partial charge in [-0.1, -0.05) is 293 Å². The molecule has 0 heterocycles. The van der Waals surface area contributed by atoms with Crippen molar-refractivity contribution in [3.63, 3.8) is 0 Å². The Hall–Kier alpha value is -3.15. The summed E-state index contributed by atoms with van der Waals surface area (Å²) in [5.41, 5.74) is 0. The summed E-state index contributed by atoms with van der Waals surface area (Å²) in [4.78, 5) is 37.9. The Morgan fingerprint density at radius 3 is 0.847 bits per heavy atom. The van der Waals surface area contributed by atoms with E-state index in [9.17, 15) is 14.4 Å². The maximum atomic E-state index is 12.8. The highest BCUT2D eigenvalue weighted by Gasteiger charge is 2.19. The zero-order valence-electron chi connectivity index (χ0n) is 47.7. The topological polar surface area (TPSA) is 78.9 Å². The van der Waals surface area contributed by atoms with E-state index in [-0.39, 0.29) is 31.1 Å². The number of ether oxygens (including phenoxy) is 3. The molecular formula is C66H116O6. The first-order chi connectivity index (χ1) is 35.5. The Bertz CT molecular complexity index is 1340. The van der Waals surface area contributed by atoms with Crippen molar-refractivity contribution in [2.45, 2.75) is 316 Å². The molecule has 72 heavy (non-hydrogen) atoms. The molecule has 1 atom stereocenters. The lowest BCUT2D eigenvalue weighted by atomic mass is 10.0. The number of allylic oxidation sites excluding steroid dienone is 12. The Labute approximate surface area is 446 Å². The van der Waals surface area contributed by atoms with E-state index in [0.29, 0.717) is 19.3 Å². The minimum atomic E-state index is -0.766. The van der Waals surface area contributed by atoms with Crippen molar-refractivity contribution in [3.05, 3.63) is 72.9 Å². The maximum Gasteiger partial charge on any atom is 0.306 e. The van der Waals surface area contributed by atoms with Gasteiger partial charge in [-0.15, -0.1) is 0 Å². The van der Waals surface area contributed by atoms with E-state index in [4.69, 9.17) is 14.2 Å². The highest BCUT2D eigenvalue weighted by Crippen LogP contribution is 2.17. The van der Waals surface area contributed by atoms with Crippen LogP contribution >= 0.6 is 0 Å². The van der Waals surface area contributed by atoms with Crippen LogP contribution in [0.15, 0.2) is 72.9 Å². The van der Waals surface area contributed by atoms with E-state index in [0.717, 1.165) is 96.3 Å². The average molecular weight is 1010 g/mol. The second-order valence-corrected chi connectivity index (χ2v) is 20.6. The Morgan fingerprint density at radius 1 is 0.292 bits per heavy atom. The monoisotopic (exact) mass is 1000 g/mol. The molecule has 0 N–H and O–H groups in total. The molecule has 0 saturated heterocycles. The van der Waals surface area contributed by atoms with Crippen LogP contribution in [0.3, 0.4) is 0 Å². The third kappa shape index (κ3) is 57.7. The minimum absolute atomic E-state index is 0.0690. The second-order valence-electron chi connectivity index (χ2n) is 20.6. The molecule has 6 heteroatoms. The van der Waals surface area contributed by atoms with Crippen LogP contribution in [0.5, 0.6) is 0 Å². The van der Waals surface area contributed by atoms with Gasteiger partial charge in [-0.3, -0.25) is 14.4 Å². The molecule has 0 aromatic rings. The molecule has 6 nitrogen and oxygen atoms in total. The van der Waals surface area contributed by atoms with Gasteiger partial charge >= 0.3 is 17.9 Å². The van der Waals surface area contributed by atoms with Gasteiger partial charge in [0.05, 0.1) is 0 Å². The number of rotatable bonds is 56. The van der Waals surface area contributed by atoms with Crippen molar-refractivity contribution in [2.24, 2.45) is 0 Å². The van der Waals surface area contributed by atoms with Crippen LogP contribution in [0.4, 0.5) is 0 Å². The van der Waals surface area contributed by atoms with Crippen molar-refractivity contribution in [2.75, 3.05) is 13.2 Å². The SMILES string of the molecule is CC/C=C\C/C=C\C/C=C\C/C=C\C/C=C\C/C=C\CCCCCCCCCCCCCCCCCCC(=O)OCC(COC(=O)CCCCCCCCCC)OC(=O)CCCCCCCCCCCCC. The fourth-order valence-electron chi connectivity index (χ4n) is 8.86. The van der Waals surface area contributed by atoms with Gasteiger partial charge in [-0.2, -0.15) is 0 Å². The lowest BCUT2D eigenvalue weighted by Gasteiger charge is -2.18. The third-order valence-electron chi connectivity index (χ3n) is 13.5. The summed E-state index contributed by atoms with van der Waals surface area (Å²) in [7, 11) is 0. The van der Waals surface area contributed by atoms with E-state index < -0.39 is 6.10 Å². The van der Waals surface area contributed by atoms with E-state index in [1.165, 1.54) is 173 Å². The fourth-order valence-corrected chi connectivity index (χ4v) is 8.86. The normalized spacial score (nSPS) is 12.5. The molecule has 0 spiro atoms. The molecule has 1 unspecified atom stereocenters. The average Bonchev–Trinajstić information content (AvgIpc) is 3.38. The van der Waals surface area contributed by atoms with Crippen LogP contribution in [0.1, 0.15) is 310 Å². The number of carbonyl (C=O) groups excluding carboxylic acids is 3. The summed E-state index contributed by atoms with van der Waals surface area (Å²) in [5, 5.41) is 0. The van der Waals surface area contributed by atoms with Gasteiger partial charge < -0.3 is 14.2 Å². The fraction of sp³-hybridized carbons (Fsp3) is 0.773. The Morgan fingerprint density at radius 2 is 0.542 bits per heavy atom. The summed E-state index contributed by atoms with van der Waals surface area (Å²) in [6.45, 7) is 6.51. The zero-order chi connectivity index (χ0) is 52.2. The second kappa shape index (κ2) is 60.4. The predicted molar refractivity (Wildman–Crippen MR) is 311 cm³/mol. The molecule has 416 valence electrons. The van der Waals surface area contributed by atoms with Crippen molar-refractivity contribution >= 4 is 17.9 Å². The first kappa shape index (κ1) is 68.8. The van der Waals surface area contributed by atoms with Gasteiger partial charge in [-0.25, -0.2) is 0 Å². The molecule has 0 saturated carbocycles. The summed E-state index contributed by atoms with van der Waals surface area (Å²) in [6, 6.07) is 0. The van der Waals surface area contributed by atoms with Crippen molar-refractivity contribution in [1.29, 1.82) is 0 Å². The van der Waals surface area contributed by atoms with Crippen LogP contribution < -0.4 is 0 Å². The van der Waals surface area contributed by atoms with E-state index in [1.54, 1.807) is 0 Å². The molecule has 0 bridgehead atoms. The predicted octanol–water partition coefficient (Wildman–Crippen LogP) is 20.9. The summed E-state index contributed by atoms with van der Waals surface area (Å²) >= 11 is 0. The lowest BCUT2D eigenvalue weighted by Crippen LogP contribution is -2.30. The van der Waals surface area contributed by atoms with E-state index >= 15 is 0 Å². The summed E-state index contributed by atoms with van der Waals surface area (Å²) in [6.07, 6.45) is 78.0. The molecule has 0 aromatic carbocycles. The van der Waals surface area contributed by atoms with Gasteiger partial charge in [-0.05, 0) is 70.6 Å². The van der Waals surface area contributed by atoms with Crippen LogP contribution in [-0.4, -0.2) is 37.2 Å². The van der Waals surface area contributed by atoms with Gasteiger partial charge in [0.1, 0.15) is 13.2 Å². The molecule has 0 aromatic heterocycles. The molecule has 0 rings (SSSR count). The van der Waals surface area contributed by atoms with Crippen molar-refractivity contribution in [1.82, 2.24) is 0 Å². The Kier molecular flexibility index (Phi) is 57.8. The first-order valence-electron chi connectivity index (χ1n) is 30.9. The highest BCUT2D eigenvalue weighted by atomic mass is 16.6. The van der Waals surface area contributed by atoms with Crippen LogP contribution in [0, 0.1) is 0 Å². The first-order valence-corrected chi connectivity index (χ1v) is 30.9. The molecule has 0 fully saturated rings. The van der Waals surface area contributed by atoms with Crippen LogP contribution in [0.25, 0.3) is 0 Å². The molecule has 0 aliphatic carbocycles. The van der Waals surface area contributed by atoms with Crippen LogP contribution in [-0.2, 0) is 28.6 Å². The quantitative estimate of drug-likeness (QED) is 0.0261. The van der Waals surface area contributed by atoms with Gasteiger partial charge in [0.25, 0.3) is 0 Å². The zero-order valence-corrected chi connectivity index (χ0v) is 47.7. The number of carbonyl (C=O) groups is 3. The highest BCUT2D eigenvalue weighted by molar-refractivity contribution is 5.71. The van der Waals surface area contributed by atoms with Gasteiger partial charge in [0.2, 0.25) is 0 Å². The minimum Gasteiger partial charge on any atom is -0.462 e. The molecule has 0 aliphatic heterocycles. The smallest absolute Gasteiger partial charge is 0.306 e. The van der Waals surface area contributed by atoms with E-state index in [1.807, 2.05) is 0 Å². The lowest BCUT2D eigenvalue weighted by molar-refractivity contribution is -0.167. The van der Waals surface area contributed by atoms with Gasteiger partial charge in [0, 0.05) is 19.3 Å². The van der Waals surface area contributed by atoms with Crippen molar-refractivity contribution in [3.8, 4) is 0 Å². The number of esters is 3. The Balaban J connectivity index is 3.96. The van der Waals surface area contributed by atoms with Crippen LogP contribution in [0.2, 0.25) is 0 Å². The standard InChI is InChI=1S/C66H116O6/c1-4-7-10-13-16-19-21-22-23-24-25-26-27-28-29-30-31-32-33-34-35-36-37-38-39-40-41-42-43-44-46-47-50-53-56-59-65(68)71-62-63(61-70-64(67)58-55-52-49-18-15-12-9-6-3)72-66(69)60-57-54-51-48-45-20-17-14-11-8-5-2/h7,10,16,19,22-23,25-26,28-29,31-32,63H,4-6,8-9,11-15,17-18,20-21,24,27,30,33-62H2,1-3H3/b10-7-,19-16-,23-22-,26-25-,29-28-,32-31-. The van der Waals surface area contributed by atoms with Crippen molar-refractivity contribution < 1.29 is 28.6 Å². The number of hydrogen-bond acceptors (Lipinski definition) is 6. The summed E-state index contributed by atoms with van der Waals surface area (Å²) < 4.78 is 16.8. The third-order valence-corrected chi connectivity index (χ3v) is 13.5. The molecule has 0 radical (unpaired) electrons. The summed E-state index contributed by atoms with van der Waals surface area (Å²) in [5.74, 6) is -0.862. The van der Waals surface area contributed by atoms with E-state index in [2.05, 4.69) is 93.7 Å². The maximum absolute atomic E-state index is 12.8. The van der Waals surface area contributed by atoms with Gasteiger partial charge in [0.15, 0.2) is 6.10 Å². The number of unbranched alkanes of at least 4 members (excludes halogenated alkanes) is 33. The largest absolute Gasteiger partial charge is 0.462 e. The molecule has 0 aliphatic rings. The molecule has 0 amide bonds.